The van der Waals surface area contributed by atoms with E-state index in [0.717, 1.165) is 12.1 Å². The highest BCUT2D eigenvalue weighted by Gasteiger charge is 2.33. The highest BCUT2D eigenvalue weighted by molar-refractivity contribution is 6.31. The number of carbonyl (C=O) groups excluding carboxylic acids is 2. The van der Waals surface area contributed by atoms with Gasteiger partial charge in [0, 0.05) is 30.7 Å². The van der Waals surface area contributed by atoms with Crippen LogP contribution in [0, 0.1) is 0 Å². The molecular formula is C22H18ClF3N4O3. The van der Waals surface area contributed by atoms with Crippen molar-refractivity contribution < 1.29 is 27.5 Å². The number of hydrogen-bond donors (Lipinski definition) is 3. The minimum Gasteiger partial charge on any atom is -0.457 e. The van der Waals surface area contributed by atoms with Gasteiger partial charge in [0.2, 0.25) is 5.91 Å². The monoisotopic (exact) mass is 478 g/mol. The van der Waals surface area contributed by atoms with E-state index < -0.39 is 22.7 Å². The van der Waals surface area contributed by atoms with Gasteiger partial charge in [-0.3, -0.25) is 14.6 Å². The standard InChI is InChI=1S/C22H18ClF3N4O3/c1-27-21(32)19-11-16(8-9-28-19)33-15-5-2-13(3-6-15)29-12-20(31)30-14-4-7-18(23)17(10-14)22(24,25)26/h2-11,29H,12H2,1H3,(H,27,32)(H,30,31). The maximum absolute atomic E-state index is 12.9. The van der Waals surface area contributed by atoms with E-state index in [2.05, 4.69) is 20.9 Å². The van der Waals surface area contributed by atoms with Crippen LogP contribution < -0.4 is 20.7 Å². The van der Waals surface area contributed by atoms with Crippen molar-refractivity contribution in [2.45, 2.75) is 6.18 Å². The maximum atomic E-state index is 12.9. The van der Waals surface area contributed by atoms with Crippen LogP contribution in [0.2, 0.25) is 5.02 Å². The number of ether oxygens (including phenoxy) is 1. The molecule has 0 atom stereocenters. The maximum Gasteiger partial charge on any atom is 0.417 e. The van der Waals surface area contributed by atoms with E-state index >= 15 is 0 Å². The van der Waals surface area contributed by atoms with Crippen molar-refractivity contribution in [1.29, 1.82) is 0 Å². The molecule has 1 heterocycles. The fraction of sp³-hybridized carbons (Fsp3) is 0.136. The topological polar surface area (TPSA) is 92.4 Å². The van der Waals surface area contributed by atoms with Gasteiger partial charge in [-0.25, -0.2) is 0 Å². The van der Waals surface area contributed by atoms with Crippen molar-refractivity contribution in [2.24, 2.45) is 0 Å². The van der Waals surface area contributed by atoms with E-state index in [9.17, 15) is 22.8 Å². The molecule has 7 nitrogen and oxygen atoms in total. The van der Waals surface area contributed by atoms with Gasteiger partial charge in [0.25, 0.3) is 5.91 Å². The third kappa shape index (κ3) is 6.59. The van der Waals surface area contributed by atoms with E-state index in [-0.39, 0.29) is 23.8 Å². The Morgan fingerprint density at radius 2 is 1.70 bits per heavy atom. The number of rotatable bonds is 7. The first-order chi connectivity index (χ1) is 15.7. The molecule has 0 aliphatic heterocycles. The molecule has 3 rings (SSSR count). The Hall–Kier alpha value is -3.79. The van der Waals surface area contributed by atoms with Crippen LogP contribution in [0.15, 0.2) is 60.8 Å². The summed E-state index contributed by atoms with van der Waals surface area (Å²) in [5.74, 6) is 0.0283. The fourth-order valence-electron chi connectivity index (χ4n) is 2.71. The van der Waals surface area contributed by atoms with Crippen molar-refractivity contribution >= 4 is 34.8 Å². The Morgan fingerprint density at radius 1 is 1.00 bits per heavy atom. The van der Waals surface area contributed by atoms with Crippen LogP contribution in [-0.4, -0.2) is 30.4 Å². The minimum atomic E-state index is -4.62. The third-order valence-corrected chi connectivity index (χ3v) is 4.62. The average molecular weight is 479 g/mol. The van der Waals surface area contributed by atoms with E-state index in [0.29, 0.717) is 17.2 Å². The first kappa shape index (κ1) is 23.9. The molecule has 0 radical (unpaired) electrons. The largest absolute Gasteiger partial charge is 0.457 e. The normalized spacial score (nSPS) is 10.9. The molecule has 172 valence electrons. The molecule has 3 N–H and O–H groups in total. The highest BCUT2D eigenvalue weighted by atomic mass is 35.5. The lowest BCUT2D eigenvalue weighted by Gasteiger charge is -2.12. The van der Waals surface area contributed by atoms with Gasteiger partial charge in [0.1, 0.15) is 17.2 Å². The summed E-state index contributed by atoms with van der Waals surface area (Å²) in [6.45, 7) is -0.177. The summed E-state index contributed by atoms with van der Waals surface area (Å²) in [6.07, 6.45) is -3.17. The predicted octanol–water partition coefficient (Wildman–Crippen LogP) is 4.96. The summed E-state index contributed by atoms with van der Waals surface area (Å²) in [6, 6.07) is 12.9. The molecule has 0 aliphatic carbocycles. The Morgan fingerprint density at radius 3 is 2.36 bits per heavy atom. The molecule has 33 heavy (non-hydrogen) atoms. The molecule has 2 aromatic carbocycles. The zero-order chi connectivity index (χ0) is 24.0. The van der Waals surface area contributed by atoms with Gasteiger partial charge in [0.15, 0.2) is 0 Å². The van der Waals surface area contributed by atoms with Crippen LogP contribution in [-0.2, 0) is 11.0 Å². The van der Waals surface area contributed by atoms with Crippen LogP contribution >= 0.6 is 11.6 Å². The molecule has 0 unspecified atom stereocenters. The van der Waals surface area contributed by atoms with Crippen LogP contribution in [0.4, 0.5) is 24.5 Å². The SMILES string of the molecule is CNC(=O)c1cc(Oc2ccc(NCC(=O)Nc3ccc(Cl)c(C(F)(F)F)c3)cc2)ccn1. The number of anilines is 2. The van der Waals surface area contributed by atoms with Crippen LogP contribution in [0.3, 0.4) is 0 Å². The molecular weight excluding hydrogens is 461 g/mol. The zero-order valence-electron chi connectivity index (χ0n) is 17.2. The number of alkyl halides is 3. The number of halogens is 4. The Bertz CT molecular complexity index is 1150. The van der Waals surface area contributed by atoms with Gasteiger partial charge < -0.3 is 20.7 Å². The number of hydrogen-bond acceptors (Lipinski definition) is 5. The van der Waals surface area contributed by atoms with E-state index in [1.54, 1.807) is 30.3 Å². The summed E-state index contributed by atoms with van der Waals surface area (Å²) < 4.78 is 44.5. The lowest BCUT2D eigenvalue weighted by atomic mass is 10.2. The van der Waals surface area contributed by atoms with Crippen LogP contribution in [0.25, 0.3) is 0 Å². The molecule has 0 fully saturated rings. The van der Waals surface area contributed by atoms with Gasteiger partial charge >= 0.3 is 6.18 Å². The van der Waals surface area contributed by atoms with Crippen molar-refractivity contribution in [3.63, 3.8) is 0 Å². The second-order valence-corrected chi connectivity index (χ2v) is 7.08. The Balaban J connectivity index is 1.55. The highest BCUT2D eigenvalue weighted by Crippen LogP contribution is 2.36. The van der Waals surface area contributed by atoms with Crippen molar-refractivity contribution in [3.05, 3.63) is 77.1 Å². The van der Waals surface area contributed by atoms with E-state index in [1.807, 2.05) is 0 Å². The molecule has 0 saturated carbocycles. The lowest BCUT2D eigenvalue weighted by molar-refractivity contribution is -0.137. The van der Waals surface area contributed by atoms with Crippen molar-refractivity contribution in [3.8, 4) is 11.5 Å². The number of carbonyl (C=O) groups is 2. The van der Waals surface area contributed by atoms with E-state index in [1.165, 1.54) is 25.4 Å². The number of amides is 2. The molecule has 1 aromatic heterocycles. The quantitative estimate of drug-likeness (QED) is 0.446. The van der Waals surface area contributed by atoms with Crippen molar-refractivity contribution in [2.75, 3.05) is 24.2 Å². The Kier molecular flexibility index (Phi) is 7.39. The molecule has 0 spiro atoms. The number of aromatic nitrogens is 1. The minimum absolute atomic E-state index is 0.0178. The van der Waals surface area contributed by atoms with E-state index in [4.69, 9.17) is 16.3 Å². The van der Waals surface area contributed by atoms with Crippen LogP contribution in [0.1, 0.15) is 16.1 Å². The van der Waals surface area contributed by atoms with Gasteiger partial charge in [-0.15, -0.1) is 0 Å². The fourth-order valence-corrected chi connectivity index (χ4v) is 2.94. The number of nitrogens with zero attached hydrogens (tertiary/aromatic N) is 1. The number of benzene rings is 2. The molecule has 0 saturated heterocycles. The predicted molar refractivity (Wildman–Crippen MR) is 118 cm³/mol. The molecule has 11 heteroatoms. The number of pyridine rings is 1. The number of nitrogens with one attached hydrogen (secondary N) is 3. The second-order valence-electron chi connectivity index (χ2n) is 6.68. The summed E-state index contributed by atoms with van der Waals surface area (Å²) in [4.78, 5) is 27.7. The molecule has 2 amide bonds. The summed E-state index contributed by atoms with van der Waals surface area (Å²) in [5, 5.41) is 7.29. The summed E-state index contributed by atoms with van der Waals surface area (Å²) >= 11 is 5.57. The summed E-state index contributed by atoms with van der Waals surface area (Å²) in [5.41, 5.74) is -0.245. The first-order valence-corrected chi connectivity index (χ1v) is 9.90. The van der Waals surface area contributed by atoms with Crippen LogP contribution in [0.5, 0.6) is 11.5 Å². The second kappa shape index (κ2) is 10.2. The zero-order valence-corrected chi connectivity index (χ0v) is 17.9. The smallest absolute Gasteiger partial charge is 0.417 e. The van der Waals surface area contributed by atoms with Crippen molar-refractivity contribution in [1.82, 2.24) is 10.3 Å². The molecule has 0 bridgehead atoms. The lowest BCUT2D eigenvalue weighted by Crippen LogP contribution is -2.22. The molecule has 3 aromatic rings. The van der Waals surface area contributed by atoms with Gasteiger partial charge in [0.05, 0.1) is 17.1 Å². The van der Waals surface area contributed by atoms with Gasteiger partial charge in [-0.1, -0.05) is 11.6 Å². The first-order valence-electron chi connectivity index (χ1n) is 9.52. The molecule has 0 aliphatic rings. The third-order valence-electron chi connectivity index (χ3n) is 4.29. The van der Waals surface area contributed by atoms with Gasteiger partial charge in [-0.2, -0.15) is 13.2 Å². The van der Waals surface area contributed by atoms with Gasteiger partial charge in [-0.05, 0) is 48.5 Å². The summed E-state index contributed by atoms with van der Waals surface area (Å²) in [7, 11) is 1.50. The average Bonchev–Trinajstić information content (AvgIpc) is 2.79. The Labute approximate surface area is 191 Å².